The molecule has 0 saturated carbocycles. The minimum absolute atomic E-state index is 0.0278. The second kappa shape index (κ2) is 8.36. The lowest BCUT2D eigenvalue weighted by atomic mass is 9.87. The zero-order valence-electron chi connectivity index (χ0n) is 15.8. The van der Waals surface area contributed by atoms with Gasteiger partial charge in [0.2, 0.25) is 0 Å². The standard InChI is InChI=1S/C20H25N5O2S/c26-18(24-11-13-28-14-12-24)16-3-1-4-17(15-16)23-19(27)20(5-8-21-9-6-20)25-10-2-7-22-25/h1-4,7,10,15,21H,5-6,8-9,11-14H2,(H,23,27). The van der Waals surface area contributed by atoms with E-state index in [4.69, 9.17) is 0 Å². The molecule has 1 aromatic heterocycles. The van der Waals surface area contributed by atoms with Gasteiger partial charge in [-0.25, -0.2) is 0 Å². The van der Waals surface area contributed by atoms with Gasteiger partial charge >= 0.3 is 0 Å². The van der Waals surface area contributed by atoms with Crippen LogP contribution in [0.1, 0.15) is 23.2 Å². The molecule has 0 aliphatic carbocycles. The normalized spacial score (nSPS) is 19.2. The van der Waals surface area contributed by atoms with Crippen LogP contribution in [0.3, 0.4) is 0 Å². The molecule has 0 bridgehead atoms. The summed E-state index contributed by atoms with van der Waals surface area (Å²) in [5.41, 5.74) is 0.550. The third-order valence-corrected chi connectivity index (χ3v) is 6.40. The van der Waals surface area contributed by atoms with Gasteiger partial charge in [0, 0.05) is 48.2 Å². The number of carbonyl (C=O) groups is 2. The Hall–Kier alpha value is -2.32. The van der Waals surface area contributed by atoms with Crippen LogP contribution >= 0.6 is 11.8 Å². The molecule has 0 radical (unpaired) electrons. The van der Waals surface area contributed by atoms with Crippen LogP contribution < -0.4 is 10.6 Å². The van der Waals surface area contributed by atoms with Gasteiger partial charge in [0.25, 0.3) is 11.8 Å². The van der Waals surface area contributed by atoms with E-state index in [1.807, 2.05) is 47.1 Å². The van der Waals surface area contributed by atoms with E-state index in [0.29, 0.717) is 24.1 Å². The Bertz CT molecular complexity index is 827. The van der Waals surface area contributed by atoms with Gasteiger partial charge in [0.05, 0.1) is 0 Å². The predicted molar refractivity (Wildman–Crippen MR) is 111 cm³/mol. The second-order valence-corrected chi connectivity index (χ2v) is 8.40. The number of hydrogen-bond donors (Lipinski definition) is 2. The Morgan fingerprint density at radius 2 is 1.93 bits per heavy atom. The number of rotatable bonds is 4. The van der Waals surface area contributed by atoms with Gasteiger partial charge < -0.3 is 15.5 Å². The molecule has 0 atom stereocenters. The van der Waals surface area contributed by atoms with Gasteiger partial charge in [-0.2, -0.15) is 16.9 Å². The molecule has 0 unspecified atom stereocenters. The van der Waals surface area contributed by atoms with Crippen molar-refractivity contribution in [3.63, 3.8) is 0 Å². The van der Waals surface area contributed by atoms with Gasteiger partial charge in [0.15, 0.2) is 0 Å². The molecule has 3 heterocycles. The molecule has 2 fully saturated rings. The molecule has 2 aliphatic heterocycles. The molecule has 28 heavy (non-hydrogen) atoms. The Kier molecular flexibility index (Phi) is 5.68. The van der Waals surface area contributed by atoms with Crippen molar-refractivity contribution in [3.05, 3.63) is 48.3 Å². The molecule has 8 heteroatoms. The molecule has 2 amide bonds. The van der Waals surface area contributed by atoms with Crippen LogP contribution in [0.15, 0.2) is 42.7 Å². The quantitative estimate of drug-likeness (QED) is 0.820. The summed E-state index contributed by atoms with van der Waals surface area (Å²) in [6, 6.07) is 9.09. The third-order valence-electron chi connectivity index (χ3n) is 5.46. The highest BCUT2D eigenvalue weighted by Crippen LogP contribution is 2.29. The Morgan fingerprint density at radius 3 is 2.64 bits per heavy atom. The molecule has 148 valence electrons. The fraction of sp³-hybridized carbons (Fsp3) is 0.450. The SMILES string of the molecule is O=C(c1cccc(NC(=O)C2(n3cccn3)CCNCC2)c1)N1CCSCC1. The fourth-order valence-corrected chi connectivity index (χ4v) is 4.75. The molecule has 2 N–H and O–H groups in total. The lowest BCUT2D eigenvalue weighted by Crippen LogP contribution is -2.52. The summed E-state index contributed by atoms with van der Waals surface area (Å²) in [5, 5.41) is 10.7. The number of thioether (sulfide) groups is 1. The minimum atomic E-state index is -0.709. The number of amides is 2. The number of carbonyl (C=O) groups excluding carboxylic acids is 2. The van der Waals surface area contributed by atoms with Crippen LogP contribution in [0.25, 0.3) is 0 Å². The van der Waals surface area contributed by atoms with Gasteiger partial charge in [-0.05, 0) is 50.2 Å². The first-order chi connectivity index (χ1) is 13.7. The maximum atomic E-state index is 13.3. The van der Waals surface area contributed by atoms with E-state index < -0.39 is 5.54 Å². The summed E-state index contributed by atoms with van der Waals surface area (Å²) < 4.78 is 1.77. The number of nitrogens with zero attached hydrogens (tertiary/aromatic N) is 3. The maximum absolute atomic E-state index is 13.3. The topological polar surface area (TPSA) is 79.3 Å². The molecule has 2 saturated heterocycles. The molecule has 7 nitrogen and oxygen atoms in total. The average molecular weight is 400 g/mol. The minimum Gasteiger partial charge on any atom is -0.337 e. The fourth-order valence-electron chi connectivity index (χ4n) is 3.85. The molecule has 0 spiro atoms. The van der Waals surface area contributed by atoms with E-state index >= 15 is 0 Å². The first-order valence-electron chi connectivity index (χ1n) is 9.68. The van der Waals surface area contributed by atoms with E-state index in [2.05, 4.69) is 15.7 Å². The Morgan fingerprint density at radius 1 is 1.14 bits per heavy atom. The summed E-state index contributed by atoms with van der Waals surface area (Å²) >= 11 is 1.87. The lowest BCUT2D eigenvalue weighted by molar-refractivity contribution is -0.126. The van der Waals surface area contributed by atoms with E-state index in [9.17, 15) is 9.59 Å². The molecular weight excluding hydrogens is 374 g/mol. The predicted octanol–water partition coefficient (Wildman–Crippen LogP) is 1.79. The average Bonchev–Trinajstić information content (AvgIpc) is 3.30. The summed E-state index contributed by atoms with van der Waals surface area (Å²) in [6.07, 6.45) is 4.89. The summed E-state index contributed by atoms with van der Waals surface area (Å²) in [7, 11) is 0. The number of benzene rings is 1. The van der Waals surface area contributed by atoms with E-state index in [1.165, 1.54) is 0 Å². The van der Waals surface area contributed by atoms with Crippen molar-refractivity contribution in [1.29, 1.82) is 0 Å². The highest BCUT2D eigenvalue weighted by Gasteiger charge is 2.42. The first kappa shape index (κ1) is 19.0. The third kappa shape index (κ3) is 3.79. The Balaban J connectivity index is 1.53. The maximum Gasteiger partial charge on any atom is 0.253 e. The van der Waals surface area contributed by atoms with Crippen LogP contribution in [0.2, 0.25) is 0 Å². The zero-order valence-corrected chi connectivity index (χ0v) is 16.6. The summed E-state index contributed by atoms with van der Waals surface area (Å²) in [5.74, 6) is 1.89. The van der Waals surface area contributed by atoms with Crippen LogP contribution in [-0.4, -0.2) is 64.2 Å². The largest absolute Gasteiger partial charge is 0.337 e. The van der Waals surface area contributed by atoms with Crippen molar-refractivity contribution in [2.75, 3.05) is 43.0 Å². The van der Waals surface area contributed by atoms with Gasteiger partial charge in [-0.3, -0.25) is 14.3 Å². The van der Waals surface area contributed by atoms with Crippen molar-refractivity contribution in [3.8, 4) is 0 Å². The van der Waals surface area contributed by atoms with Gasteiger partial charge in [0.1, 0.15) is 5.54 Å². The zero-order chi connectivity index (χ0) is 19.4. The molecular formula is C20H25N5O2S. The molecule has 4 rings (SSSR count). The highest BCUT2D eigenvalue weighted by atomic mass is 32.2. The first-order valence-corrected chi connectivity index (χ1v) is 10.8. The summed E-state index contributed by atoms with van der Waals surface area (Å²) in [6.45, 7) is 3.07. The van der Waals surface area contributed by atoms with Gasteiger partial charge in [-0.15, -0.1) is 0 Å². The van der Waals surface area contributed by atoms with Crippen molar-refractivity contribution in [2.45, 2.75) is 18.4 Å². The van der Waals surface area contributed by atoms with E-state index in [1.54, 1.807) is 16.9 Å². The highest BCUT2D eigenvalue weighted by molar-refractivity contribution is 7.99. The van der Waals surface area contributed by atoms with E-state index in [0.717, 1.165) is 37.7 Å². The summed E-state index contributed by atoms with van der Waals surface area (Å²) in [4.78, 5) is 27.9. The molecule has 2 aliphatic rings. The molecule has 1 aromatic carbocycles. The number of hydrogen-bond acceptors (Lipinski definition) is 5. The monoisotopic (exact) mass is 399 g/mol. The Labute approximate surface area is 168 Å². The lowest BCUT2D eigenvalue weighted by Gasteiger charge is -2.36. The van der Waals surface area contributed by atoms with Crippen molar-refractivity contribution in [1.82, 2.24) is 20.0 Å². The number of anilines is 1. The van der Waals surface area contributed by atoms with Crippen LogP contribution in [0, 0.1) is 0 Å². The van der Waals surface area contributed by atoms with Crippen LogP contribution in [-0.2, 0) is 10.3 Å². The molecule has 2 aromatic rings. The van der Waals surface area contributed by atoms with Crippen LogP contribution in [0.4, 0.5) is 5.69 Å². The van der Waals surface area contributed by atoms with Gasteiger partial charge in [-0.1, -0.05) is 6.07 Å². The smallest absolute Gasteiger partial charge is 0.253 e. The number of piperidine rings is 1. The second-order valence-electron chi connectivity index (χ2n) is 7.17. The van der Waals surface area contributed by atoms with Crippen LogP contribution in [0.5, 0.6) is 0 Å². The number of nitrogens with one attached hydrogen (secondary N) is 2. The van der Waals surface area contributed by atoms with Crippen molar-refractivity contribution < 1.29 is 9.59 Å². The van der Waals surface area contributed by atoms with Crippen molar-refractivity contribution in [2.24, 2.45) is 0 Å². The number of aromatic nitrogens is 2. The van der Waals surface area contributed by atoms with Crippen molar-refractivity contribution >= 4 is 29.3 Å². The van der Waals surface area contributed by atoms with E-state index in [-0.39, 0.29) is 11.8 Å².